The predicted octanol–water partition coefficient (Wildman–Crippen LogP) is 1.43. The number of carbonyl (C=O) groups is 2. The van der Waals surface area contributed by atoms with Crippen molar-refractivity contribution in [1.29, 1.82) is 0 Å². The number of methoxy groups -OCH3 is 2. The van der Waals surface area contributed by atoms with Crippen LogP contribution >= 0.6 is 0 Å². The molecule has 0 saturated carbocycles. The second kappa shape index (κ2) is 8.97. The van der Waals surface area contributed by atoms with Gasteiger partial charge >= 0.3 is 0 Å². The Balaban J connectivity index is 2.62. The topological polar surface area (TPSA) is 73.9 Å². The van der Waals surface area contributed by atoms with E-state index in [2.05, 4.69) is 5.32 Å². The lowest BCUT2D eigenvalue weighted by Gasteiger charge is -2.17. The van der Waals surface area contributed by atoms with Gasteiger partial charge < -0.3 is 19.5 Å². The molecule has 0 aliphatic rings. The molecule has 6 nitrogen and oxygen atoms in total. The SMILES string of the molecule is COCCCNC(=O)C(C)Oc1cc(C=O)ccc1OC. The summed E-state index contributed by atoms with van der Waals surface area (Å²) in [5.41, 5.74) is 0.457. The van der Waals surface area contributed by atoms with Crippen molar-refractivity contribution in [1.82, 2.24) is 5.32 Å². The third-order valence-corrected chi connectivity index (χ3v) is 2.82. The maximum atomic E-state index is 11.9. The first kappa shape index (κ1) is 17.0. The molecule has 0 aromatic heterocycles. The summed E-state index contributed by atoms with van der Waals surface area (Å²) in [4.78, 5) is 22.7. The minimum Gasteiger partial charge on any atom is -0.493 e. The van der Waals surface area contributed by atoms with E-state index >= 15 is 0 Å². The summed E-state index contributed by atoms with van der Waals surface area (Å²) >= 11 is 0. The van der Waals surface area contributed by atoms with Gasteiger partial charge in [0.2, 0.25) is 0 Å². The average molecular weight is 295 g/mol. The highest BCUT2D eigenvalue weighted by Gasteiger charge is 2.16. The quantitative estimate of drug-likeness (QED) is 0.551. The Kier molecular flexibility index (Phi) is 7.25. The summed E-state index contributed by atoms with van der Waals surface area (Å²) in [6.45, 7) is 2.75. The normalized spacial score (nSPS) is 11.6. The third kappa shape index (κ3) is 5.43. The van der Waals surface area contributed by atoms with E-state index in [1.807, 2.05) is 0 Å². The number of amides is 1. The highest BCUT2D eigenvalue weighted by Crippen LogP contribution is 2.28. The van der Waals surface area contributed by atoms with Crippen LogP contribution in [0.4, 0.5) is 0 Å². The maximum absolute atomic E-state index is 11.9. The summed E-state index contributed by atoms with van der Waals surface area (Å²) in [5.74, 6) is 0.603. The van der Waals surface area contributed by atoms with Crippen molar-refractivity contribution in [2.24, 2.45) is 0 Å². The summed E-state index contributed by atoms with van der Waals surface area (Å²) in [6.07, 6.45) is 0.754. The van der Waals surface area contributed by atoms with Crippen LogP contribution in [0.15, 0.2) is 18.2 Å². The van der Waals surface area contributed by atoms with Crippen molar-refractivity contribution in [3.05, 3.63) is 23.8 Å². The third-order valence-electron chi connectivity index (χ3n) is 2.82. The minimum absolute atomic E-state index is 0.232. The molecule has 1 amide bonds. The van der Waals surface area contributed by atoms with Crippen molar-refractivity contribution in [2.75, 3.05) is 27.4 Å². The second-order valence-corrected chi connectivity index (χ2v) is 4.43. The molecule has 21 heavy (non-hydrogen) atoms. The van der Waals surface area contributed by atoms with E-state index in [1.165, 1.54) is 7.11 Å². The zero-order valence-electron chi connectivity index (χ0n) is 12.5. The Morgan fingerprint density at radius 3 is 2.71 bits per heavy atom. The van der Waals surface area contributed by atoms with Gasteiger partial charge in [-0.1, -0.05) is 0 Å². The molecule has 1 aromatic rings. The molecule has 0 saturated heterocycles. The van der Waals surface area contributed by atoms with E-state index in [1.54, 1.807) is 32.2 Å². The van der Waals surface area contributed by atoms with E-state index < -0.39 is 6.10 Å². The molecule has 1 rings (SSSR count). The molecule has 1 unspecified atom stereocenters. The maximum Gasteiger partial charge on any atom is 0.260 e. The monoisotopic (exact) mass is 295 g/mol. The number of hydrogen-bond acceptors (Lipinski definition) is 5. The van der Waals surface area contributed by atoms with Crippen LogP contribution in [-0.4, -0.2) is 45.7 Å². The number of rotatable bonds is 9. The molecule has 0 bridgehead atoms. The first-order valence-corrected chi connectivity index (χ1v) is 6.69. The van der Waals surface area contributed by atoms with Gasteiger partial charge in [0.25, 0.3) is 5.91 Å². The van der Waals surface area contributed by atoms with Crippen LogP contribution in [0.1, 0.15) is 23.7 Å². The zero-order chi connectivity index (χ0) is 15.7. The molecule has 0 aliphatic carbocycles. The predicted molar refractivity (Wildman–Crippen MR) is 78.0 cm³/mol. The van der Waals surface area contributed by atoms with Crippen LogP contribution < -0.4 is 14.8 Å². The number of aldehydes is 1. The van der Waals surface area contributed by atoms with Gasteiger partial charge in [-0.15, -0.1) is 0 Å². The van der Waals surface area contributed by atoms with Crippen LogP contribution in [-0.2, 0) is 9.53 Å². The van der Waals surface area contributed by atoms with Crippen molar-refractivity contribution >= 4 is 12.2 Å². The summed E-state index contributed by atoms with van der Waals surface area (Å²) < 4.78 is 15.6. The first-order valence-electron chi connectivity index (χ1n) is 6.69. The fourth-order valence-corrected chi connectivity index (χ4v) is 1.67. The molecule has 0 radical (unpaired) electrons. The van der Waals surface area contributed by atoms with Crippen molar-refractivity contribution in [2.45, 2.75) is 19.4 Å². The minimum atomic E-state index is -0.691. The fourth-order valence-electron chi connectivity index (χ4n) is 1.67. The van der Waals surface area contributed by atoms with E-state index in [4.69, 9.17) is 14.2 Å². The molecule has 0 spiro atoms. The molecular formula is C15H21NO5. The van der Waals surface area contributed by atoms with Crippen LogP contribution in [0.5, 0.6) is 11.5 Å². The van der Waals surface area contributed by atoms with E-state index in [9.17, 15) is 9.59 Å². The Labute approximate surface area is 124 Å². The van der Waals surface area contributed by atoms with Gasteiger partial charge in [0.1, 0.15) is 6.29 Å². The fraction of sp³-hybridized carbons (Fsp3) is 0.467. The smallest absolute Gasteiger partial charge is 0.260 e. The van der Waals surface area contributed by atoms with E-state index in [0.29, 0.717) is 36.5 Å². The van der Waals surface area contributed by atoms with Crippen LogP contribution in [0.3, 0.4) is 0 Å². The van der Waals surface area contributed by atoms with Gasteiger partial charge in [0, 0.05) is 25.8 Å². The standard InChI is InChI=1S/C15H21NO5/c1-11(15(18)16-7-4-8-19-2)21-14-9-12(10-17)5-6-13(14)20-3/h5-6,9-11H,4,7-8H2,1-3H3,(H,16,18). The molecular weight excluding hydrogens is 274 g/mol. The summed E-state index contributed by atoms with van der Waals surface area (Å²) in [7, 11) is 3.11. The molecule has 0 heterocycles. The molecule has 1 aromatic carbocycles. The summed E-state index contributed by atoms with van der Waals surface area (Å²) in [5, 5.41) is 2.75. The highest BCUT2D eigenvalue weighted by molar-refractivity contribution is 5.81. The average Bonchev–Trinajstić information content (AvgIpc) is 2.51. The number of nitrogens with one attached hydrogen (secondary N) is 1. The van der Waals surface area contributed by atoms with E-state index in [0.717, 1.165) is 6.42 Å². The Bertz CT molecular complexity index is 475. The Morgan fingerprint density at radius 2 is 2.10 bits per heavy atom. The largest absolute Gasteiger partial charge is 0.493 e. The lowest BCUT2D eigenvalue weighted by molar-refractivity contribution is -0.127. The Hall–Kier alpha value is -2.08. The van der Waals surface area contributed by atoms with Crippen molar-refractivity contribution in [3.63, 3.8) is 0 Å². The van der Waals surface area contributed by atoms with Crippen LogP contribution in [0, 0.1) is 0 Å². The molecule has 116 valence electrons. The second-order valence-electron chi connectivity index (χ2n) is 4.43. The molecule has 1 N–H and O–H groups in total. The molecule has 6 heteroatoms. The lowest BCUT2D eigenvalue weighted by atomic mass is 10.2. The number of hydrogen-bond donors (Lipinski definition) is 1. The van der Waals surface area contributed by atoms with Gasteiger partial charge in [-0.3, -0.25) is 9.59 Å². The van der Waals surface area contributed by atoms with Gasteiger partial charge in [-0.05, 0) is 31.5 Å². The first-order chi connectivity index (χ1) is 10.1. The lowest BCUT2D eigenvalue weighted by Crippen LogP contribution is -2.37. The molecule has 0 aliphatic heterocycles. The van der Waals surface area contributed by atoms with Gasteiger partial charge in [0.15, 0.2) is 17.6 Å². The van der Waals surface area contributed by atoms with Crippen LogP contribution in [0.25, 0.3) is 0 Å². The van der Waals surface area contributed by atoms with Gasteiger partial charge in [-0.25, -0.2) is 0 Å². The van der Waals surface area contributed by atoms with Crippen LogP contribution in [0.2, 0.25) is 0 Å². The highest BCUT2D eigenvalue weighted by atomic mass is 16.5. The van der Waals surface area contributed by atoms with E-state index in [-0.39, 0.29) is 5.91 Å². The van der Waals surface area contributed by atoms with Crippen molar-refractivity contribution in [3.8, 4) is 11.5 Å². The number of carbonyl (C=O) groups excluding carboxylic acids is 2. The summed E-state index contributed by atoms with van der Waals surface area (Å²) in [6, 6.07) is 4.79. The zero-order valence-corrected chi connectivity index (χ0v) is 12.5. The number of ether oxygens (including phenoxy) is 3. The Morgan fingerprint density at radius 1 is 1.33 bits per heavy atom. The van der Waals surface area contributed by atoms with Crippen molar-refractivity contribution < 1.29 is 23.8 Å². The van der Waals surface area contributed by atoms with Gasteiger partial charge in [0.05, 0.1) is 7.11 Å². The van der Waals surface area contributed by atoms with Gasteiger partial charge in [-0.2, -0.15) is 0 Å². The molecule has 1 atom stereocenters. The number of benzene rings is 1. The molecule has 0 fully saturated rings.